The van der Waals surface area contributed by atoms with Gasteiger partial charge in [-0.1, -0.05) is 24.3 Å². The summed E-state index contributed by atoms with van der Waals surface area (Å²) in [6, 6.07) is 19.9. The number of nitrogens with two attached hydrogens (primary N) is 1. The van der Waals surface area contributed by atoms with Gasteiger partial charge >= 0.3 is 0 Å². The zero-order valence-corrected chi connectivity index (χ0v) is 15.2. The van der Waals surface area contributed by atoms with Crippen LogP contribution in [-0.4, -0.2) is 22.0 Å². The van der Waals surface area contributed by atoms with E-state index in [4.69, 9.17) is 5.73 Å². The molecule has 0 atom stereocenters. The lowest BCUT2D eigenvalue weighted by molar-refractivity contribution is 1.09. The summed E-state index contributed by atoms with van der Waals surface area (Å²) >= 11 is 0. The van der Waals surface area contributed by atoms with Gasteiger partial charge in [-0.25, -0.2) is 9.97 Å². The van der Waals surface area contributed by atoms with Crippen molar-refractivity contribution in [3.8, 4) is 0 Å². The Morgan fingerprint density at radius 2 is 1.74 bits per heavy atom. The fourth-order valence-electron chi connectivity index (χ4n) is 3.02. The fourth-order valence-corrected chi connectivity index (χ4v) is 3.02. The number of anilines is 5. The van der Waals surface area contributed by atoms with Gasteiger partial charge in [-0.05, 0) is 43.3 Å². The van der Waals surface area contributed by atoms with Crippen LogP contribution in [0.25, 0.3) is 10.9 Å². The third-order valence-corrected chi connectivity index (χ3v) is 4.45. The van der Waals surface area contributed by atoms with Gasteiger partial charge in [-0.3, -0.25) is 4.98 Å². The van der Waals surface area contributed by atoms with E-state index in [1.54, 1.807) is 0 Å². The van der Waals surface area contributed by atoms with Crippen molar-refractivity contribution in [2.45, 2.75) is 6.92 Å². The molecule has 0 aliphatic carbocycles. The Balaban J connectivity index is 1.72. The predicted molar refractivity (Wildman–Crippen MR) is 111 cm³/mol. The van der Waals surface area contributed by atoms with Crippen LogP contribution in [0.3, 0.4) is 0 Å². The maximum Gasteiger partial charge on any atom is 0.161 e. The lowest BCUT2D eigenvalue weighted by atomic mass is 10.1. The smallest absolute Gasteiger partial charge is 0.161 e. The van der Waals surface area contributed by atoms with Gasteiger partial charge in [0.05, 0.1) is 5.52 Å². The molecule has 4 aromatic rings. The molecule has 6 heteroatoms. The highest BCUT2D eigenvalue weighted by Crippen LogP contribution is 2.33. The third-order valence-electron chi connectivity index (χ3n) is 4.45. The maximum absolute atomic E-state index is 6.39. The van der Waals surface area contributed by atoms with Crippen molar-refractivity contribution in [3.63, 3.8) is 0 Å². The summed E-state index contributed by atoms with van der Waals surface area (Å²) < 4.78 is 0. The van der Waals surface area contributed by atoms with Gasteiger partial charge in [-0.2, -0.15) is 0 Å². The molecule has 4 rings (SSSR count). The summed E-state index contributed by atoms with van der Waals surface area (Å²) in [5, 5.41) is 4.35. The van der Waals surface area contributed by atoms with E-state index in [0.29, 0.717) is 17.3 Å². The first-order valence-electron chi connectivity index (χ1n) is 8.66. The first-order chi connectivity index (χ1) is 13.1. The van der Waals surface area contributed by atoms with Crippen molar-refractivity contribution in [3.05, 3.63) is 72.7 Å². The number of nitrogen functional groups attached to an aromatic ring is 1. The van der Waals surface area contributed by atoms with Crippen LogP contribution in [0.15, 0.2) is 67.0 Å². The van der Waals surface area contributed by atoms with Gasteiger partial charge < -0.3 is 16.0 Å². The molecule has 2 aromatic carbocycles. The molecule has 2 aromatic heterocycles. The molecule has 0 saturated heterocycles. The second-order valence-corrected chi connectivity index (χ2v) is 6.30. The average Bonchev–Trinajstić information content (AvgIpc) is 2.69. The van der Waals surface area contributed by atoms with Crippen LogP contribution in [0.2, 0.25) is 0 Å². The minimum Gasteiger partial charge on any atom is -0.393 e. The average molecular weight is 356 g/mol. The largest absolute Gasteiger partial charge is 0.393 e. The van der Waals surface area contributed by atoms with Crippen LogP contribution in [0.4, 0.5) is 28.7 Å². The molecule has 0 aliphatic rings. The number of pyridine rings is 1. The van der Waals surface area contributed by atoms with Crippen molar-refractivity contribution < 1.29 is 0 Å². The van der Waals surface area contributed by atoms with Gasteiger partial charge in [0.2, 0.25) is 0 Å². The Morgan fingerprint density at radius 3 is 2.56 bits per heavy atom. The first kappa shape index (κ1) is 16.8. The van der Waals surface area contributed by atoms with Crippen molar-refractivity contribution in [1.82, 2.24) is 15.0 Å². The van der Waals surface area contributed by atoms with E-state index in [0.717, 1.165) is 28.0 Å². The fraction of sp³-hybridized carbons (Fsp3) is 0.0952. The third kappa shape index (κ3) is 3.25. The van der Waals surface area contributed by atoms with Crippen molar-refractivity contribution >= 4 is 39.6 Å². The summed E-state index contributed by atoms with van der Waals surface area (Å²) in [7, 11) is 1.93. The molecule has 2 heterocycles. The number of para-hydroxylation sites is 1. The lowest BCUT2D eigenvalue weighted by Crippen LogP contribution is -2.15. The first-order valence-corrected chi connectivity index (χ1v) is 8.66. The number of nitrogens with zero attached hydrogens (tertiary/aromatic N) is 4. The Hall–Kier alpha value is -3.67. The molecule has 0 amide bonds. The molecule has 0 spiro atoms. The highest BCUT2D eigenvalue weighted by Gasteiger charge is 2.14. The van der Waals surface area contributed by atoms with E-state index in [2.05, 4.69) is 20.3 Å². The minimum atomic E-state index is 0.487. The van der Waals surface area contributed by atoms with E-state index in [9.17, 15) is 0 Å². The van der Waals surface area contributed by atoms with Crippen LogP contribution < -0.4 is 16.0 Å². The zero-order chi connectivity index (χ0) is 18.8. The topological polar surface area (TPSA) is 80.0 Å². The van der Waals surface area contributed by atoms with Crippen molar-refractivity contribution in [2.24, 2.45) is 0 Å². The summed E-state index contributed by atoms with van der Waals surface area (Å²) in [5.41, 5.74) is 10.7. The second kappa shape index (κ2) is 6.92. The van der Waals surface area contributed by atoms with Crippen LogP contribution in [0, 0.1) is 6.92 Å². The molecule has 6 nitrogen and oxygen atoms in total. The minimum absolute atomic E-state index is 0.487. The number of hydrogen-bond donors (Lipinski definition) is 2. The van der Waals surface area contributed by atoms with Gasteiger partial charge in [0.1, 0.15) is 12.0 Å². The van der Waals surface area contributed by atoms with Crippen molar-refractivity contribution in [1.29, 1.82) is 0 Å². The van der Waals surface area contributed by atoms with Crippen LogP contribution >= 0.6 is 0 Å². The molecule has 0 radical (unpaired) electrons. The number of nitrogens with one attached hydrogen (secondary N) is 1. The molecule has 3 N–H and O–H groups in total. The molecule has 0 bridgehead atoms. The SMILES string of the molecule is Cc1ccc2c(Nc3ncnc(N(C)c4ccccc4)c3N)cccc2n1. The molecule has 0 aliphatic heterocycles. The Kier molecular flexibility index (Phi) is 4.30. The summed E-state index contributed by atoms with van der Waals surface area (Å²) in [5.74, 6) is 1.21. The van der Waals surface area contributed by atoms with E-state index in [1.807, 2.05) is 79.5 Å². The molecule has 27 heavy (non-hydrogen) atoms. The summed E-state index contributed by atoms with van der Waals surface area (Å²) in [6.45, 7) is 1.98. The number of hydrogen-bond acceptors (Lipinski definition) is 6. The summed E-state index contributed by atoms with van der Waals surface area (Å²) in [4.78, 5) is 15.2. The molecule has 0 unspecified atom stereocenters. The highest BCUT2D eigenvalue weighted by molar-refractivity contribution is 5.94. The monoisotopic (exact) mass is 356 g/mol. The zero-order valence-electron chi connectivity index (χ0n) is 15.2. The summed E-state index contributed by atoms with van der Waals surface area (Å²) in [6.07, 6.45) is 1.51. The molecular formula is C21H20N6. The molecule has 0 fully saturated rings. The molecule has 134 valence electrons. The highest BCUT2D eigenvalue weighted by atomic mass is 15.2. The quantitative estimate of drug-likeness (QED) is 0.563. The number of aryl methyl sites for hydroxylation is 1. The number of rotatable bonds is 4. The van der Waals surface area contributed by atoms with E-state index < -0.39 is 0 Å². The Labute approximate surface area is 157 Å². The lowest BCUT2D eigenvalue weighted by Gasteiger charge is -2.21. The van der Waals surface area contributed by atoms with Gasteiger partial charge in [0.15, 0.2) is 11.6 Å². The van der Waals surface area contributed by atoms with E-state index in [-0.39, 0.29) is 0 Å². The van der Waals surface area contributed by atoms with Gasteiger partial charge in [-0.15, -0.1) is 0 Å². The second-order valence-electron chi connectivity index (χ2n) is 6.30. The van der Waals surface area contributed by atoms with Crippen LogP contribution in [-0.2, 0) is 0 Å². The maximum atomic E-state index is 6.39. The standard InChI is InChI=1S/C21H20N6/c1-14-11-12-16-17(25-14)9-6-10-18(16)26-20-19(22)21(24-13-23-20)27(2)15-7-4-3-5-8-15/h3-13H,22H2,1-2H3,(H,23,24,26). The van der Waals surface area contributed by atoms with Gasteiger partial charge in [0, 0.05) is 29.5 Å². The van der Waals surface area contributed by atoms with Crippen LogP contribution in [0.1, 0.15) is 5.69 Å². The number of aromatic nitrogens is 3. The normalized spacial score (nSPS) is 10.7. The molecule has 0 saturated carbocycles. The molecular weight excluding hydrogens is 336 g/mol. The Morgan fingerprint density at radius 1 is 0.926 bits per heavy atom. The Bertz CT molecular complexity index is 1090. The van der Waals surface area contributed by atoms with Crippen LogP contribution in [0.5, 0.6) is 0 Å². The van der Waals surface area contributed by atoms with Crippen molar-refractivity contribution in [2.75, 3.05) is 23.0 Å². The number of fused-ring (bicyclic) bond motifs is 1. The predicted octanol–water partition coefficient (Wildman–Crippen LogP) is 4.43. The number of benzene rings is 2. The van der Waals surface area contributed by atoms with E-state index in [1.165, 1.54) is 6.33 Å². The van der Waals surface area contributed by atoms with Gasteiger partial charge in [0.25, 0.3) is 0 Å². The van der Waals surface area contributed by atoms with E-state index >= 15 is 0 Å².